The number of carbonyl (C=O) groups excluding carboxylic acids is 1. The van der Waals surface area contributed by atoms with Crippen molar-refractivity contribution in [3.8, 4) is 0 Å². The second-order valence-corrected chi connectivity index (χ2v) is 6.99. The Morgan fingerprint density at radius 2 is 1.73 bits per heavy atom. The van der Waals surface area contributed by atoms with E-state index < -0.39 is 13.8 Å². The number of ketones is 1. The molecule has 0 saturated carbocycles. The number of halogens is 3. The van der Waals surface area contributed by atoms with E-state index in [-0.39, 0.29) is 21.2 Å². The van der Waals surface area contributed by atoms with E-state index in [4.69, 9.17) is 39.3 Å². The Hall–Kier alpha value is -0.830. The molecule has 1 unspecified atom stereocenters. The quantitative estimate of drug-likeness (QED) is 0.543. The van der Waals surface area contributed by atoms with Crippen LogP contribution in [0.15, 0.2) is 36.4 Å². The maximum absolute atomic E-state index is 12.7. The van der Waals surface area contributed by atoms with Crippen LogP contribution < -0.4 is 5.30 Å². The second-order valence-electron chi connectivity index (χ2n) is 4.34. The van der Waals surface area contributed by atoms with Crippen molar-refractivity contribution >= 4 is 53.9 Å². The summed E-state index contributed by atoms with van der Waals surface area (Å²) in [6, 6.07) is 9.42. The Morgan fingerprint density at radius 1 is 1.14 bits per heavy atom. The average molecular weight is 378 g/mol. The molecule has 0 aliphatic carbocycles. The van der Waals surface area contributed by atoms with Gasteiger partial charge in [0.2, 0.25) is 8.03 Å². The van der Waals surface area contributed by atoms with Gasteiger partial charge in [-0.2, -0.15) is 0 Å². The van der Waals surface area contributed by atoms with E-state index in [2.05, 4.69) is 0 Å². The molecule has 0 bridgehead atoms. The molecule has 0 aromatic heterocycles. The van der Waals surface area contributed by atoms with Crippen molar-refractivity contribution in [3.63, 3.8) is 0 Å². The molecule has 7 heteroatoms. The van der Waals surface area contributed by atoms with Gasteiger partial charge in [-0.25, -0.2) is 0 Å². The molecule has 22 heavy (non-hydrogen) atoms. The number of hydrogen-bond donors (Lipinski definition) is 0. The second kappa shape index (κ2) is 7.63. The van der Waals surface area contributed by atoms with E-state index in [0.29, 0.717) is 16.9 Å². The molecule has 0 amide bonds. The van der Waals surface area contributed by atoms with Crippen LogP contribution in [-0.4, -0.2) is 12.4 Å². The molecule has 0 fully saturated rings. The Morgan fingerprint density at radius 3 is 2.32 bits per heavy atom. The summed E-state index contributed by atoms with van der Waals surface area (Å²) in [6.07, 6.45) is 0. The lowest BCUT2D eigenvalue weighted by molar-refractivity contribution is 0.104. The smallest absolute Gasteiger partial charge is 0.221 e. The molecule has 0 aliphatic rings. The lowest BCUT2D eigenvalue weighted by Crippen LogP contribution is -2.14. The van der Waals surface area contributed by atoms with Crippen molar-refractivity contribution in [2.24, 2.45) is 0 Å². The zero-order chi connectivity index (χ0) is 16.3. The Balaban J connectivity index is 2.54. The van der Waals surface area contributed by atoms with Gasteiger partial charge in [0.1, 0.15) is 0 Å². The summed E-state index contributed by atoms with van der Waals surface area (Å²) >= 11 is 18.0. The first-order valence-corrected chi connectivity index (χ1v) is 8.86. The molecule has 1 atom stereocenters. The highest BCUT2D eigenvalue weighted by molar-refractivity contribution is 7.48. The van der Waals surface area contributed by atoms with Gasteiger partial charge in [-0.3, -0.25) is 9.36 Å². The minimum atomic E-state index is -2.52. The van der Waals surface area contributed by atoms with Crippen LogP contribution in [0.1, 0.15) is 22.8 Å². The first-order valence-electron chi connectivity index (χ1n) is 6.41. The standard InChI is InChI=1S/C15H12Cl3O3P/c1-2-21-22(20)13-6-4-3-5-10(13)15(19)14-11(17)7-9(16)8-12(14)18/h3-8,22H,2H2,1H3. The highest BCUT2D eigenvalue weighted by atomic mass is 35.5. The van der Waals surface area contributed by atoms with Crippen LogP contribution in [0.5, 0.6) is 0 Å². The molecular weight excluding hydrogens is 365 g/mol. The lowest BCUT2D eigenvalue weighted by Gasteiger charge is -2.11. The minimum Gasteiger partial charge on any atom is -0.328 e. The van der Waals surface area contributed by atoms with Gasteiger partial charge < -0.3 is 4.52 Å². The lowest BCUT2D eigenvalue weighted by atomic mass is 10.0. The monoisotopic (exact) mass is 376 g/mol. The molecule has 0 heterocycles. The predicted molar refractivity (Wildman–Crippen MR) is 91.6 cm³/mol. The number of hydrogen-bond acceptors (Lipinski definition) is 3. The molecule has 2 aromatic carbocycles. The molecule has 0 N–H and O–H groups in total. The maximum Gasteiger partial charge on any atom is 0.221 e. The van der Waals surface area contributed by atoms with Crippen molar-refractivity contribution in [2.75, 3.05) is 6.61 Å². The van der Waals surface area contributed by atoms with Crippen molar-refractivity contribution < 1.29 is 13.9 Å². The van der Waals surface area contributed by atoms with Crippen LogP contribution in [-0.2, 0) is 9.09 Å². The molecular formula is C15H12Cl3O3P. The maximum atomic E-state index is 12.7. The van der Waals surface area contributed by atoms with Crippen LogP contribution in [0.4, 0.5) is 0 Å². The summed E-state index contributed by atoms with van der Waals surface area (Å²) in [5.41, 5.74) is 0.387. The van der Waals surface area contributed by atoms with Crippen molar-refractivity contribution in [2.45, 2.75) is 6.92 Å². The van der Waals surface area contributed by atoms with E-state index >= 15 is 0 Å². The van der Waals surface area contributed by atoms with Gasteiger partial charge in [-0.15, -0.1) is 0 Å². The zero-order valence-corrected chi connectivity index (χ0v) is 14.8. The van der Waals surface area contributed by atoms with Crippen molar-refractivity contribution in [1.82, 2.24) is 0 Å². The predicted octanol–water partition coefficient (Wildman–Crippen LogP) is 5.01. The number of carbonyl (C=O) groups is 1. The highest BCUT2D eigenvalue weighted by Crippen LogP contribution is 2.32. The van der Waals surface area contributed by atoms with E-state index in [1.54, 1.807) is 31.2 Å². The summed E-state index contributed by atoms with van der Waals surface area (Å²) < 4.78 is 17.3. The molecule has 0 aliphatic heterocycles. The first kappa shape index (κ1) is 17.5. The summed E-state index contributed by atoms with van der Waals surface area (Å²) in [7, 11) is -2.52. The van der Waals surface area contributed by atoms with E-state index in [0.717, 1.165) is 0 Å². The fourth-order valence-corrected chi connectivity index (χ4v) is 4.02. The van der Waals surface area contributed by atoms with Gasteiger partial charge in [0.25, 0.3) is 0 Å². The van der Waals surface area contributed by atoms with Gasteiger partial charge in [0.15, 0.2) is 5.78 Å². The van der Waals surface area contributed by atoms with Crippen LogP contribution in [0, 0.1) is 0 Å². The Bertz CT molecular complexity index is 724. The third kappa shape index (κ3) is 3.73. The van der Waals surface area contributed by atoms with Gasteiger partial charge >= 0.3 is 0 Å². The topological polar surface area (TPSA) is 43.4 Å². The van der Waals surface area contributed by atoms with E-state index in [1.165, 1.54) is 12.1 Å². The summed E-state index contributed by atoms with van der Waals surface area (Å²) in [5, 5.41) is 0.978. The largest absolute Gasteiger partial charge is 0.328 e. The normalized spacial score (nSPS) is 12.2. The fourth-order valence-electron chi connectivity index (χ4n) is 1.96. The fraction of sp³-hybridized carbons (Fsp3) is 0.133. The third-order valence-corrected chi connectivity index (χ3v) is 5.14. The van der Waals surface area contributed by atoms with Crippen LogP contribution in [0.2, 0.25) is 15.1 Å². The highest BCUT2D eigenvalue weighted by Gasteiger charge is 2.22. The molecule has 0 radical (unpaired) electrons. The molecule has 116 valence electrons. The third-order valence-electron chi connectivity index (χ3n) is 2.90. The molecule has 2 rings (SSSR count). The van der Waals surface area contributed by atoms with Gasteiger partial charge in [0, 0.05) is 15.9 Å². The minimum absolute atomic E-state index is 0.131. The van der Waals surface area contributed by atoms with Crippen molar-refractivity contribution in [3.05, 3.63) is 62.6 Å². The van der Waals surface area contributed by atoms with Crippen LogP contribution >= 0.6 is 42.8 Å². The Kier molecular flexibility index (Phi) is 6.08. The van der Waals surface area contributed by atoms with Gasteiger partial charge in [-0.05, 0) is 25.1 Å². The summed E-state index contributed by atoms with van der Waals surface area (Å²) in [5.74, 6) is -0.416. The number of rotatable bonds is 5. The van der Waals surface area contributed by atoms with Crippen molar-refractivity contribution in [1.29, 1.82) is 0 Å². The van der Waals surface area contributed by atoms with Gasteiger partial charge in [-0.1, -0.05) is 53.0 Å². The molecule has 2 aromatic rings. The van der Waals surface area contributed by atoms with Crippen LogP contribution in [0.25, 0.3) is 0 Å². The van der Waals surface area contributed by atoms with Gasteiger partial charge in [0.05, 0.1) is 22.2 Å². The summed E-state index contributed by atoms with van der Waals surface area (Å²) in [6.45, 7) is 2.03. The van der Waals surface area contributed by atoms with Crippen LogP contribution in [0.3, 0.4) is 0 Å². The zero-order valence-electron chi connectivity index (χ0n) is 11.5. The molecule has 3 nitrogen and oxygen atoms in total. The number of benzene rings is 2. The van der Waals surface area contributed by atoms with E-state index in [9.17, 15) is 9.36 Å². The SMILES string of the molecule is CCO[PH](=O)c1ccccc1C(=O)c1c(Cl)cc(Cl)cc1Cl. The Labute approximate surface area is 144 Å². The average Bonchev–Trinajstić information content (AvgIpc) is 2.46. The first-order chi connectivity index (χ1) is 10.5. The molecule has 0 saturated heterocycles. The molecule has 0 spiro atoms. The van der Waals surface area contributed by atoms with E-state index in [1.807, 2.05) is 0 Å². The summed E-state index contributed by atoms with van der Waals surface area (Å²) in [4.78, 5) is 12.7.